The van der Waals surface area contributed by atoms with E-state index in [1.807, 2.05) is 25.5 Å². The van der Waals surface area contributed by atoms with Crippen molar-refractivity contribution in [2.75, 3.05) is 25.1 Å². The fourth-order valence-corrected chi connectivity index (χ4v) is 2.36. The van der Waals surface area contributed by atoms with E-state index in [9.17, 15) is 0 Å². The monoisotopic (exact) mass is 273 g/mol. The normalized spacial score (nSPS) is 18.4. The molecule has 0 spiro atoms. The van der Waals surface area contributed by atoms with Crippen LogP contribution in [-0.4, -0.2) is 39.5 Å². The minimum atomic E-state index is 0.295. The Bertz CT molecular complexity index is 589. The molecule has 106 valence electrons. The number of aromatic nitrogens is 4. The van der Waals surface area contributed by atoms with Crippen LogP contribution in [0.25, 0.3) is 11.3 Å². The van der Waals surface area contributed by atoms with Crippen LogP contribution in [0.15, 0.2) is 18.5 Å². The standard InChI is InChI=1S/C14H19N5O/c1-3-15-13-6-12(11-7-16-19(2)8-11)17-14(18-13)10-4-5-20-9-10/h6-8,10H,3-5,9H2,1-2H3,(H,15,17,18). The summed E-state index contributed by atoms with van der Waals surface area (Å²) in [6, 6.07) is 1.97. The van der Waals surface area contributed by atoms with Crippen molar-refractivity contribution >= 4 is 5.82 Å². The zero-order chi connectivity index (χ0) is 13.9. The predicted molar refractivity (Wildman–Crippen MR) is 76.6 cm³/mol. The molecule has 1 aliphatic heterocycles. The molecule has 1 saturated heterocycles. The summed E-state index contributed by atoms with van der Waals surface area (Å²) in [5.74, 6) is 2.02. The van der Waals surface area contributed by atoms with Gasteiger partial charge in [-0.3, -0.25) is 4.68 Å². The Morgan fingerprint density at radius 2 is 2.35 bits per heavy atom. The fourth-order valence-electron chi connectivity index (χ4n) is 2.36. The zero-order valence-corrected chi connectivity index (χ0v) is 11.8. The lowest BCUT2D eigenvalue weighted by molar-refractivity contribution is 0.193. The second-order valence-electron chi connectivity index (χ2n) is 4.99. The minimum Gasteiger partial charge on any atom is -0.381 e. The van der Waals surface area contributed by atoms with E-state index >= 15 is 0 Å². The van der Waals surface area contributed by atoms with Crippen LogP contribution in [0.1, 0.15) is 25.1 Å². The van der Waals surface area contributed by atoms with Gasteiger partial charge in [0, 0.05) is 43.9 Å². The van der Waals surface area contributed by atoms with Gasteiger partial charge < -0.3 is 10.1 Å². The van der Waals surface area contributed by atoms with Crippen LogP contribution in [0.3, 0.4) is 0 Å². The molecule has 2 aromatic heterocycles. The molecule has 1 aliphatic rings. The summed E-state index contributed by atoms with van der Waals surface area (Å²) in [6.45, 7) is 4.40. The highest BCUT2D eigenvalue weighted by atomic mass is 16.5. The zero-order valence-electron chi connectivity index (χ0n) is 11.8. The molecule has 1 fully saturated rings. The maximum atomic E-state index is 5.44. The first kappa shape index (κ1) is 13.1. The summed E-state index contributed by atoms with van der Waals surface area (Å²) in [6.07, 6.45) is 4.78. The quantitative estimate of drug-likeness (QED) is 0.920. The van der Waals surface area contributed by atoms with Crippen molar-refractivity contribution < 1.29 is 4.74 Å². The summed E-state index contributed by atoms with van der Waals surface area (Å²) >= 11 is 0. The Kier molecular flexibility index (Phi) is 3.64. The molecule has 0 aliphatic carbocycles. The summed E-state index contributed by atoms with van der Waals surface area (Å²) in [4.78, 5) is 9.30. The Morgan fingerprint density at radius 1 is 1.45 bits per heavy atom. The molecule has 6 nitrogen and oxygen atoms in total. The summed E-state index contributed by atoms with van der Waals surface area (Å²) in [5.41, 5.74) is 1.92. The Morgan fingerprint density at radius 3 is 3.00 bits per heavy atom. The number of nitrogens with zero attached hydrogens (tertiary/aromatic N) is 4. The molecule has 2 aromatic rings. The SMILES string of the molecule is CCNc1cc(-c2cnn(C)c2)nc(C2CCOC2)n1. The molecule has 0 saturated carbocycles. The largest absolute Gasteiger partial charge is 0.381 e. The van der Waals surface area contributed by atoms with Crippen LogP contribution in [-0.2, 0) is 11.8 Å². The van der Waals surface area contributed by atoms with Gasteiger partial charge in [0.25, 0.3) is 0 Å². The van der Waals surface area contributed by atoms with E-state index in [-0.39, 0.29) is 0 Å². The van der Waals surface area contributed by atoms with E-state index in [0.717, 1.165) is 42.5 Å². The first-order valence-corrected chi connectivity index (χ1v) is 6.96. The second-order valence-corrected chi connectivity index (χ2v) is 4.99. The van der Waals surface area contributed by atoms with E-state index in [0.29, 0.717) is 12.5 Å². The molecule has 3 rings (SSSR count). The van der Waals surface area contributed by atoms with Crippen molar-refractivity contribution in [3.63, 3.8) is 0 Å². The number of ether oxygens (including phenoxy) is 1. The number of anilines is 1. The lowest BCUT2D eigenvalue weighted by atomic mass is 10.1. The van der Waals surface area contributed by atoms with E-state index in [4.69, 9.17) is 9.72 Å². The van der Waals surface area contributed by atoms with Crippen LogP contribution in [0.5, 0.6) is 0 Å². The van der Waals surface area contributed by atoms with Gasteiger partial charge in [-0.05, 0) is 13.3 Å². The molecule has 3 heterocycles. The topological polar surface area (TPSA) is 64.9 Å². The molecule has 0 amide bonds. The van der Waals surface area contributed by atoms with Crippen LogP contribution < -0.4 is 5.32 Å². The average Bonchev–Trinajstić information content (AvgIpc) is 3.09. The van der Waals surface area contributed by atoms with Crippen LogP contribution in [0.2, 0.25) is 0 Å². The molecule has 0 bridgehead atoms. The third-order valence-electron chi connectivity index (χ3n) is 3.40. The Hall–Kier alpha value is -1.95. The van der Waals surface area contributed by atoms with Gasteiger partial charge in [0.05, 0.1) is 18.5 Å². The van der Waals surface area contributed by atoms with E-state index < -0.39 is 0 Å². The number of aryl methyl sites for hydroxylation is 1. The molecule has 0 radical (unpaired) electrons. The van der Waals surface area contributed by atoms with Gasteiger partial charge in [0.15, 0.2) is 0 Å². The fraction of sp³-hybridized carbons (Fsp3) is 0.500. The van der Waals surface area contributed by atoms with Gasteiger partial charge >= 0.3 is 0 Å². The first-order valence-electron chi connectivity index (χ1n) is 6.96. The van der Waals surface area contributed by atoms with Crippen LogP contribution >= 0.6 is 0 Å². The molecule has 20 heavy (non-hydrogen) atoms. The van der Waals surface area contributed by atoms with Crippen LogP contribution in [0.4, 0.5) is 5.82 Å². The van der Waals surface area contributed by atoms with E-state index in [1.165, 1.54) is 0 Å². The molecule has 1 unspecified atom stereocenters. The van der Waals surface area contributed by atoms with Gasteiger partial charge in [-0.2, -0.15) is 5.10 Å². The first-order chi connectivity index (χ1) is 9.76. The van der Waals surface area contributed by atoms with E-state index in [1.54, 1.807) is 4.68 Å². The van der Waals surface area contributed by atoms with Crippen molar-refractivity contribution in [3.8, 4) is 11.3 Å². The van der Waals surface area contributed by atoms with Gasteiger partial charge in [0.2, 0.25) is 0 Å². The summed E-state index contributed by atoms with van der Waals surface area (Å²) in [5, 5.41) is 7.48. The number of hydrogen-bond donors (Lipinski definition) is 1. The second kappa shape index (κ2) is 5.58. The summed E-state index contributed by atoms with van der Waals surface area (Å²) in [7, 11) is 1.90. The lowest BCUT2D eigenvalue weighted by Crippen LogP contribution is -2.09. The Labute approximate surface area is 118 Å². The van der Waals surface area contributed by atoms with Crippen molar-refractivity contribution in [1.82, 2.24) is 19.7 Å². The molecule has 1 N–H and O–H groups in total. The van der Waals surface area contributed by atoms with Gasteiger partial charge in [0.1, 0.15) is 11.6 Å². The third kappa shape index (κ3) is 2.65. The van der Waals surface area contributed by atoms with Crippen LogP contribution in [0, 0.1) is 0 Å². The maximum Gasteiger partial charge on any atom is 0.136 e. The van der Waals surface area contributed by atoms with Gasteiger partial charge in [-0.25, -0.2) is 9.97 Å². The van der Waals surface area contributed by atoms with Gasteiger partial charge in [-0.1, -0.05) is 0 Å². The number of nitrogens with one attached hydrogen (secondary N) is 1. The molecular weight excluding hydrogens is 254 g/mol. The highest BCUT2D eigenvalue weighted by Crippen LogP contribution is 2.26. The summed E-state index contributed by atoms with van der Waals surface area (Å²) < 4.78 is 7.22. The highest BCUT2D eigenvalue weighted by molar-refractivity contribution is 5.61. The van der Waals surface area contributed by atoms with Gasteiger partial charge in [-0.15, -0.1) is 0 Å². The van der Waals surface area contributed by atoms with Crippen molar-refractivity contribution in [2.45, 2.75) is 19.3 Å². The van der Waals surface area contributed by atoms with Crippen molar-refractivity contribution in [3.05, 3.63) is 24.3 Å². The van der Waals surface area contributed by atoms with Crippen molar-refractivity contribution in [1.29, 1.82) is 0 Å². The smallest absolute Gasteiger partial charge is 0.136 e. The van der Waals surface area contributed by atoms with Crippen molar-refractivity contribution in [2.24, 2.45) is 7.05 Å². The number of hydrogen-bond acceptors (Lipinski definition) is 5. The molecule has 6 heteroatoms. The van der Waals surface area contributed by atoms with E-state index in [2.05, 4.69) is 22.3 Å². The maximum absolute atomic E-state index is 5.44. The third-order valence-corrected chi connectivity index (χ3v) is 3.40. The molecule has 1 atom stereocenters. The lowest BCUT2D eigenvalue weighted by Gasteiger charge is -2.11. The average molecular weight is 273 g/mol. The Balaban J connectivity index is 1.99. The number of rotatable bonds is 4. The molecular formula is C14H19N5O. The minimum absolute atomic E-state index is 0.295. The predicted octanol–water partition coefficient (Wildman–Crippen LogP) is 1.81. The molecule has 0 aromatic carbocycles. The highest BCUT2D eigenvalue weighted by Gasteiger charge is 2.22.